The summed E-state index contributed by atoms with van der Waals surface area (Å²) in [6, 6.07) is 6.70. The second-order valence-corrected chi connectivity index (χ2v) is 6.10. The molecular formula is C17H22N2O4. The van der Waals surface area contributed by atoms with Crippen LogP contribution < -0.4 is 0 Å². The number of ether oxygens (including phenoxy) is 1. The van der Waals surface area contributed by atoms with Crippen molar-refractivity contribution in [1.82, 2.24) is 9.80 Å². The van der Waals surface area contributed by atoms with Gasteiger partial charge in [-0.05, 0) is 18.6 Å². The lowest BCUT2D eigenvalue weighted by Gasteiger charge is -2.40. The zero-order valence-electron chi connectivity index (χ0n) is 13.3. The summed E-state index contributed by atoms with van der Waals surface area (Å²) in [7, 11) is 0. The SMILES string of the molecule is CC1C(C(=O)O)c2ccccc2C(=O)N1CCN1CCOCC1. The van der Waals surface area contributed by atoms with Crippen LogP contribution in [0.5, 0.6) is 0 Å². The maximum absolute atomic E-state index is 12.8. The second-order valence-electron chi connectivity index (χ2n) is 6.10. The molecule has 2 aliphatic heterocycles. The van der Waals surface area contributed by atoms with E-state index in [1.165, 1.54) is 0 Å². The van der Waals surface area contributed by atoms with Gasteiger partial charge in [-0.1, -0.05) is 18.2 Å². The molecule has 0 aromatic heterocycles. The number of fused-ring (bicyclic) bond motifs is 1. The predicted octanol–water partition coefficient (Wildman–Crippen LogP) is 1.03. The van der Waals surface area contributed by atoms with Crippen molar-refractivity contribution in [2.45, 2.75) is 18.9 Å². The molecule has 1 aromatic carbocycles. The Morgan fingerprint density at radius 1 is 1.26 bits per heavy atom. The molecule has 124 valence electrons. The van der Waals surface area contributed by atoms with Gasteiger partial charge in [0.05, 0.1) is 13.2 Å². The van der Waals surface area contributed by atoms with Crippen molar-refractivity contribution < 1.29 is 19.4 Å². The third-order valence-electron chi connectivity index (χ3n) is 4.79. The number of hydrogen-bond acceptors (Lipinski definition) is 4. The minimum Gasteiger partial charge on any atom is -0.481 e. The number of amides is 1. The Kier molecular flexibility index (Phi) is 4.63. The molecule has 2 unspecified atom stereocenters. The molecule has 1 fully saturated rings. The van der Waals surface area contributed by atoms with Gasteiger partial charge in [-0.3, -0.25) is 14.5 Å². The molecule has 1 saturated heterocycles. The summed E-state index contributed by atoms with van der Waals surface area (Å²) in [4.78, 5) is 28.4. The van der Waals surface area contributed by atoms with Crippen molar-refractivity contribution in [2.24, 2.45) is 0 Å². The van der Waals surface area contributed by atoms with Crippen LogP contribution in [0.3, 0.4) is 0 Å². The lowest BCUT2D eigenvalue weighted by atomic mass is 9.83. The number of nitrogens with zero attached hydrogens (tertiary/aromatic N) is 2. The molecule has 1 amide bonds. The molecule has 23 heavy (non-hydrogen) atoms. The molecule has 0 spiro atoms. The van der Waals surface area contributed by atoms with E-state index in [1.54, 1.807) is 29.2 Å². The van der Waals surface area contributed by atoms with Crippen LogP contribution in [0.2, 0.25) is 0 Å². The van der Waals surface area contributed by atoms with Gasteiger partial charge >= 0.3 is 5.97 Å². The van der Waals surface area contributed by atoms with E-state index in [2.05, 4.69) is 4.90 Å². The van der Waals surface area contributed by atoms with Gasteiger partial charge in [0.2, 0.25) is 0 Å². The van der Waals surface area contributed by atoms with Gasteiger partial charge in [-0.25, -0.2) is 0 Å². The molecular weight excluding hydrogens is 296 g/mol. The largest absolute Gasteiger partial charge is 0.481 e. The molecule has 6 heteroatoms. The molecule has 2 heterocycles. The minimum absolute atomic E-state index is 0.0705. The summed E-state index contributed by atoms with van der Waals surface area (Å²) in [5.41, 5.74) is 1.14. The molecule has 0 saturated carbocycles. The fourth-order valence-electron chi connectivity index (χ4n) is 3.46. The highest BCUT2D eigenvalue weighted by molar-refractivity contribution is 6.00. The average Bonchev–Trinajstić information content (AvgIpc) is 2.55. The summed E-state index contributed by atoms with van der Waals surface area (Å²) < 4.78 is 5.33. The van der Waals surface area contributed by atoms with Gasteiger partial charge in [-0.2, -0.15) is 0 Å². The van der Waals surface area contributed by atoms with Gasteiger partial charge in [0.15, 0.2) is 0 Å². The third-order valence-corrected chi connectivity index (χ3v) is 4.79. The Bertz CT molecular complexity index is 598. The van der Waals surface area contributed by atoms with Crippen molar-refractivity contribution in [2.75, 3.05) is 39.4 Å². The number of benzene rings is 1. The fraction of sp³-hybridized carbons (Fsp3) is 0.529. The van der Waals surface area contributed by atoms with E-state index in [0.717, 1.165) is 19.6 Å². The highest BCUT2D eigenvalue weighted by atomic mass is 16.5. The van der Waals surface area contributed by atoms with Gasteiger partial charge in [0, 0.05) is 37.8 Å². The van der Waals surface area contributed by atoms with Crippen LogP contribution >= 0.6 is 0 Å². The summed E-state index contributed by atoms with van der Waals surface area (Å²) in [6.45, 7) is 6.25. The zero-order valence-corrected chi connectivity index (χ0v) is 13.3. The van der Waals surface area contributed by atoms with E-state index in [4.69, 9.17) is 4.74 Å². The zero-order chi connectivity index (χ0) is 16.4. The van der Waals surface area contributed by atoms with Gasteiger partial charge < -0.3 is 14.7 Å². The number of hydrogen-bond donors (Lipinski definition) is 1. The van der Waals surface area contributed by atoms with Crippen molar-refractivity contribution in [1.29, 1.82) is 0 Å². The topological polar surface area (TPSA) is 70.1 Å². The van der Waals surface area contributed by atoms with E-state index in [-0.39, 0.29) is 11.9 Å². The van der Waals surface area contributed by atoms with Crippen LogP contribution in [-0.4, -0.2) is 72.2 Å². The number of carboxylic acid groups (broad SMARTS) is 1. The fourth-order valence-corrected chi connectivity index (χ4v) is 3.46. The maximum atomic E-state index is 12.8. The van der Waals surface area contributed by atoms with E-state index < -0.39 is 11.9 Å². The first kappa shape index (κ1) is 16.0. The number of morpholine rings is 1. The van der Waals surface area contributed by atoms with Gasteiger partial charge in [0.25, 0.3) is 5.91 Å². The molecule has 2 atom stereocenters. The van der Waals surface area contributed by atoms with Crippen LogP contribution in [0, 0.1) is 0 Å². The number of carbonyl (C=O) groups excluding carboxylic acids is 1. The summed E-state index contributed by atoms with van der Waals surface area (Å²) in [6.07, 6.45) is 0. The standard InChI is InChI=1S/C17H22N2O4/c1-12-15(17(21)22)13-4-2-3-5-14(13)16(20)19(12)7-6-18-8-10-23-11-9-18/h2-5,12,15H,6-11H2,1H3,(H,21,22). The Balaban J connectivity index is 1.80. The number of aliphatic carboxylic acids is 1. The first-order chi connectivity index (χ1) is 11.1. The highest BCUT2D eigenvalue weighted by Gasteiger charge is 2.40. The molecule has 2 aliphatic rings. The van der Waals surface area contributed by atoms with Crippen molar-refractivity contribution in [3.05, 3.63) is 35.4 Å². The predicted molar refractivity (Wildman–Crippen MR) is 84.6 cm³/mol. The van der Waals surface area contributed by atoms with Crippen LogP contribution in [0.15, 0.2) is 24.3 Å². The van der Waals surface area contributed by atoms with Gasteiger partial charge in [0.1, 0.15) is 5.92 Å². The Hall–Kier alpha value is -1.92. The number of carboxylic acids is 1. The molecule has 1 N–H and O–H groups in total. The summed E-state index contributed by atoms with van der Waals surface area (Å²) in [5.74, 6) is -1.62. The first-order valence-corrected chi connectivity index (χ1v) is 8.02. The van der Waals surface area contributed by atoms with E-state index in [0.29, 0.717) is 30.9 Å². The van der Waals surface area contributed by atoms with E-state index in [1.807, 2.05) is 6.92 Å². The summed E-state index contributed by atoms with van der Waals surface area (Å²) in [5, 5.41) is 9.61. The lowest BCUT2D eigenvalue weighted by Crippen LogP contribution is -2.51. The van der Waals surface area contributed by atoms with Crippen LogP contribution in [0.4, 0.5) is 0 Å². The monoisotopic (exact) mass is 318 g/mol. The van der Waals surface area contributed by atoms with Crippen LogP contribution in [0.1, 0.15) is 28.8 Å². The van der Waals surface area contributed by atoms with Crippen LogP contribution in [0.25, 0.3) is 0 Å². The maximum Gasteiger partial charge on any atom is 0.313 e. The Morgan fingerprint density at radius 3 is 2.65 bits per heavy atom. The molecule has 0 radical (unpaired) electrons. The molecule has 3 rings (SSSR count). The van der Waals surface area contributed by atoms with E-state index >= 15 is 0 Å². The molecule has 0 bridgehead atoms. The molecule has 6 nitrogen and oxygen atoms in total. The number of carbonyl (C=O) groups is 2. The summed E-state index contributed by atoms with van der Waals surface area (Å²) >= 11 is 0. The highest BCUT2D eigenvalue weighted by Crippen LogP contribution is 2.33. The van der Waals surface area contributed by atoms with Crippen molar-refractivity contribution in [3.8, 4) is 0 Å². The first-order valence-electron chi connectivity index (χ1n) is 8.02. The molecule has 0 aliphatic carbocycles. The van der Waals surface area contributed by atoms with Gasteiger partial charge in [-0.15, -0.1) is 0 Å². The molecule has 1 aromatic rings. The van der Waals surface area contributed by atoms with Crippen molar-refractivity contribution >= 4 is 11.9 Å². The van der Waals surface area contributed by atoms with Crippen molar-refractivity contribution in [3.63, 3.8) is 0 Å². The third kappa shape index (κ3) is 3.09. The van der Waals surface area contributed by atoms with E-state index in [9.17, 15) is 14.7 Å². The average molecular weight is 318 g/mol. The smallest absolute Gasteiger partial charge is 0.313 e. The second kappa shape index (κ2) is 6.68. The Labute approximate surface area is 135 Å². The quantitative estimate of drug-likeness (QED) is 0.898. The van der Waals surface area contributed by atoms with Crippen LogP contribution in [-0.2, 0) is 9.53 Å². The number of rotatable bonds is 4. The normalized spacial score (nSPS) is 25.3. The Morgan fingerprint density at radius 2 is 1.96 bits per heavy atom. The minimum atomic E-state index is -0.881. The lowest BCUT2D eigenvalue weighted by molar-refractivity contribution is -0.140.